The maximum atomic E-state index is 9.60. The fourth-order valence-corrected chi connectivity index (χ4v) is 1.72. The lowest BCUT2D eigenvalue weighted by Crippen LogP contribution is -2.18. The third-order valence-corrected chi connectivity index (χ3v) is 2.82. The molecule has 1 N–H and O–H groups in total. The van der Waals surface area contributed by atoms with E-state index in [1.54, 1.807) is 6.92 Å². The molecule has 0 radical (unpaired) electrons. The molecule has 0 amide bonds. The van der Waals surface area contributed by atoms with Gasteiger partial charge in [-0.15, -0.1) is 0 Å². The zero-order valence-corrected chi connectivity index (χ0v) is 10.4. The van der Waals surface area contributed by atoms with Crippen LogP contribution in [0.15, 0.2) is 22.7 Å². The van der Waals surface area contributed by atoms with E-state index in [2.05, 4.69) is 27.8 Å². The van der Waals surface area contributed by atoms with Crippen LogP contribution in [0, 0.1) is 0 Å². The molecule has 0 aromatic heterocycles. The molecule has 0 fully saturated rings. The van der Waals surface area contributed by atoms with Crippen LogP contribution in [-0.2, 0) is 0 Å². The highest BCUT2D eigenvalue weighted by molar-refractivity contribution is 9.10. The number of nitrogens with zero attached hydrogens (tertiary/aromatic N) is 1. The van der Waals surface area contributed by atoms with Crippen LogP contribution >= 0.6 is 15.9 Å². The summed E-state index contributed by atoms with van der Waals surface area (Å²) in [4.78, 5) is 2.12. The predicted molar refractivity (Wildman–Crippen MR) is 63.7 cm³/mol. The number of hydrogen-bond acceptors (Lipinski definition) is 2. The Balaban J connectivity index is 3.15. The van der Waals surface area contributed by atoms with Crippen molar-refractivity contribution in [3.05, 3.63) is 28.2 Å². The number of aliphatic hydroxyl groups is 1. The summed E-state index contributed by atoms with van der Waals surface area (Å²) in [6, 6.07) is 5.94. The molecule has 14 heavy (non-hydrogen) atoms. The van der Waals surface area contributed by atoms with E-state index in [-0.39, 0.29) is 0 Å². The molecular weight excluding hydrogens is 242 g/mol. The molecule has 0 aliphatic rings. The number of anilines is 1. The van der Waals surface area contributed by atoms with Crippen LogP contribution in [0.4, 0.5) is 5.69 Å². The summed E-state index contributed by atoms with van der Waals surface area (Å²) < 4.78 is 1.04. The van der Waals surface area contributed by atoms with E-state index in [0.717, 1.165) is 22.3 Å². The first-order valence-corrected chi connectivity index (χ1v) is 5.54. The van der Waals surface area contributed by atoms with Crippen molar-refractivity contribution in [2.45, 2.75) is 20.0 Å². The molecule has 0 aliphatic heterocycles. The van der Waals surface area contributed by atoms with Gasteiger partial charge in [0, 0.05) is 29.3 Å². The number of rotatable bonds is 3. The van der Waals surface area contributed by atoms with Crippen molar-refractivity contribution >= 4 is 21.6 Å². The highest BCUT2D eigenvalue weighted by Gasteiger charge is 2.10. The van der Waals surface area contributed by atoms with E-state index < -0.39 is 6.10 Å². The molecular formula is C11H16BrNO. The van der Waals surface area contributed by atoms with Crippen molar-refractivity contribution in [2.24, 2.45) is 0 Å². The van der Waals surface area contributed by atoms with Crippen molar-refractivity contribution in [2.75, 3.05) is 18.5 Å². The molecule has 0 saturated carbocycles. The van der Waals surface area contributed by atoms with Crippen molar-refractivity contribution < 1.29 is 5.11 Å². The lowest BCUT2D eigenvalue weighted by atomic mass is 10.1. The smallest absolute Gasteiger partial charge is 0.0782 e. The maximum absolute atomic E-state index is 9.60. The maximum Gasteiger partial charge on any atom is 0.0782 e. The third-order valence-electron chi connectivity index (χ3n) is 2.33. The average Bonchev–Trinajstić information content (AvgIpc) is 2.16. The SMILES string of the molecule is CCN(C)c1cc(Br)ccc1C(C)O. The topological polar surface area (TPSA) is 23.5 Å². The zero-order chi connectivity index (χ0) is 10.7. The molecule has 3 heteroatoms. The Labute approximate surface area is 93.7 Å². The van der Waals surface area contributed by atoms with Crippen LogP contribution in [0.3, 0.4) is 0 Å². The fourth-order valence-electron chi connectivity index (χ4n) is 1.37. The first-order valence-electron chi connectivity index (χ1n) is 4.75. The van der Waals surface area contributed by atoms with E-state index in [0.29, 0.717) is 0 Å². The minimum atomic E-state index is -0.424. The molecule has 0 aliphatic carbocycles. The van der Waals surface area contributed by atoms with Gasteiger partial charge in [0.05, 0.1) is 6.10 Å². The van der Waals surface area contributed by atoms with Gasteiger partial charge in [-0.3, -0.25) is 0 Å². The molecule has 78 valence electrons. The molecule has 1 atom stereocenters. The summed E-state index contributed by atoms with van der Waals surface area (Å²) in [5, 5.41) is 9.60. The van der Waals surface area contributed by atoms with Crippen molar-refractivity contribution in [1.29, 1.82) is 0 Å². The van der Waals surface area contributed by atoms with E-state index in [4.69, 9.17) is 0 Å². The van der Waals surface area contributed by atoms with Crippen LogP contribution in [0.2, 0.25) is 0 Å². The summed E-state index contributed by atoms with van der Waals surface area (Å²) in [7, 11) is 2.02. The average molecular weight is 258 g/mol. The van der Waals surface area contributed by atoms with Gasteiger partial charge < -0.3 is 10.0 Å². The van der Waals surface area contributed by atoms with Crippen LogP contribution in [0.1, 0.15) is 25.5 Å². The highest BCUT2D eigenvalue weighted by atomic mass is 79.9. The Morgan fingerprint density at radius 1 is 1.50 bits per heavy atom. The summed E-state index contributed by atoms with van der Waals surface area (Å²) in [6.07, 6.45) is -0.424. The minimum Gasteiger partial charge on any atom is -0.389 e. The molecule has 1 aromatic rings. The lowest BCUT2D eigenvalue weighted by molar-refractivity contribution is 0.199. The largest absolute Gasteiger partial charge is 0.389 e. The molecule has 1 aromatic carbocycles. The second kappa shape index (κ2) is 4.80. The summed E-state index contributed by atoms with van der Waals surface area (Å²) in [6.45, 7) is 4.80. The summed E-state index contributed by atoms with van der Waals surface area (Å²) in [5.74, 6) is 0. The predicted octanol–water partition coefficient (Wildman–Crippen LogP) is 2.96. The van der Waals surface area contributed by atoms with Gasteiger partial charge in [-0.25, -0.2) is 0 Å². The molecule has 2 nitrogen and oxygen atoms in total. The fraction of sp³-hybridized carbons (Fsp3) is 0.455. The van der Waals surface area contributed by atoms with E-state index in [1.165, 1.54) is 0 Å². The van der Waals surface area contributed by atoms with Crippen LogP contribution < -0.4 is 4.90 Å². The molecule has 1 unspecified atom stereocenters. The highest BCUT2D eigenvalue weighted by Crippen LogP contribution is 2.28. The second-order valence-corrected chi connectivity index (χ2v) is 4.31. The quantitative estimate of drug-likeness (QED) is 0.901. The number of benzene rings is 1. The first-order chi connectivity index (χ1) is 6.56. The van der Waals surface area contributed by atoms with Crippen molar-refractivity contribution in [3.8, 4) is 0 Å². The van der Waals surface area contributed by atoms with Crippen LogP contribution in [-0.4, -0.2) is 18.7 Å². The molecule has 0 spiro atoms. The van der Waals surface area contributed by atoms with Gasteiger partial charge >= 0.3 is 0 Å². The number of halogens is 1. The van der Waals surface area contributed by atoms with Gasteiger partial charge in [-0.1, -0.05) is 22.0 Å². The summed E-state index contributed by atoms with van der Waals surface area (Å²) in [5.41, 5.74) is 2.05. The van der Waals surface area contributed by atoms with Crippen molar-refractivity contribution in [3.63, 3.8) is 0 Å². The Morgan fingerprint density at radius 2 is 2.14 bits per heavy atom. The van der Waals surface area contributed by atoms with E-state index in [9.17, 15) is 5.11 Å². The van der Waals surface area contributed by atoms with Gasteiger partial charge in [0.2, 0.25) is 0 Å². The van der Waals surface area contributed by atoms with E-state index >= 15 is 0 Å². The standard InChI is InChI=1S/C11H16BrNO/c1-4-13(3)11-7-9(12)5-6-10(11)8(2)14/h5-8,14H,4H2,1-3H3. The molecule has 0 heterocycles. The Hall–Kier alpha value is -0.540. The van der Waals surface area contributed by atoms with Gasteiger partial charge in [0.1, 0.15) is 0 Å². The Bertz CT molecular complexity index is 312. The van der Waals surface area contributed by atoms with Gasteiger partial charge in [0.25, 0.3) is 0 Å². The van der Waals surface area contributed by atoms with Crippen molar-refractivity contribution in [1.82, 2.24) is 0 Å². The summed E-state index contributed by atoms with van der Waals surface area (Å²) >= 11 is 3.43. The Morgan fingerprint density at radius 3 is 2.64 bits per heavy atom. The molecule has 1 rings (SSSR count). The molecule has 0 saturated heterocycles. The lowest BCUT2D eigenvalue weighted by Gasteiger charge is -2.22. The minimum absolute atomic E-state index is 0.424. The first kappa shape index (κ1) is 11.5. The normalized spacial score (nSPS) is 12.6. The molecule has 0 bridgehead atoms. The zero-order valence-electron chi connectivity index (χ0n) is 8.79. The third kappa shape index (κ3) is 2.49. The van der Waals surface area contributed by atoms with Gasteiger partial charge in [-0.05, 0) is 26.0 Å². The van der Waals surface area contributed by atoms with E-state index in [1.807, 2.05) is 25.2 Å². The van der Waals surface area contributed by atoms with Crippen LogP contribution in [0.5, 0.6) is 0 Å². The van der Waals surface area contributed by atoms with Crippen LogP contribution in [0.25, 0.3) is 0 Å². The Kier molecular flexibility index (Phi) is 3.96. The second-order valence-electron chi connectivity index (χ2n) is 3.39. The monoisotopic (exact) mass is 257 g/mol. The number of hydrogen-bond donors (Lipinski definition) is 1. The number of aliphatic hydroxyl groups excluding tert-OH is 1. The van der Waals surface area contributed by atoms with Gasteiger partial charge in [-0.2, -0.15) is 0 Å². The van der Waals surface area contributed by atoms with Gasteiger partial charge in [0.15, 0.2) is 0 Å².